The molecule has 4 nitrogen and oxygen atoms in total. The number of aromatic nitrogens is 4. The Balaban J connectivity index is 1.93. The maximum Gasteiger partial charge on any atom is 0.214 e. The molecule has 3 heterocycles. The van der Waals surface area contributed by atoms with Crippen LogP contribution in [0.5, 0.6) is 0 Å². The van der Waals surface area contributed by atoms with Gasteiger partial charge in [-0.3, -0.25) is 9.55 Å². The molecule has 5 heteroatoms. The average molecular weight is 292 g/mol. The van der Waals surface area contributed by atoms with Crippen molar-refractivity contribution in [3.05, 3.63) is 71.4 Å². The summed E-state index contributed by atoms with van der Waals surface area (Å²) in [6.45, 7) is 3.74. The first-order chi connectivity index (χ1) is 10.6. The smallest absolute Gasteiger partial charge is 0.214 e. The van der Waals surface area contributed by atoms with Crippen LogP contribution < -0.4 is 0 Å². The highest BCUT2D eigenvalue weighted by molar-refractivity contribution is 5.41. The molecular formula is C17H13FN4. The second kappa shape index (κ2) is 5.78. The number of rotatable bonds is 1. The van der Waals surface area contributed by atoms with Crippen LogP contribution in [0.1, 0.15) is 22.8 Å². The third kappa shape index (κ3) is 3.01. The number of hydrogen-bond donors (Lipinski definition) is 0. The Labute approximate surface area is 127 Å². The molecule has 0 bridgehead atoms. The van der Waals surface area contributed by atoms with Gasteiger partial charge < -0.3 is 0 Å². The van der Waals surface area contributed by atoms with Gasteiger partial charge in [0, 0.05) is 23.7 Å². The number of nitrogens with zero attached hydrogens (tertiary/aromatic N) is 4. The van der Waals surface area contributed by atoms with Gasteiger partial charge in [-0.25, -0.2) is 9.97 Å². The van der Waals surface area contributed by atoms with E-state index in [-0.39, 0.29) is 0 Å². The fraction of sp³-hybridized carbons (Fsp3) is 0.118. The molecule has 0 fully saturated rings. The van der Waals surface area contributed by atoms with Crippen LogP contribution in [0.15, 0.2) is 42.7 Å². The summed E-state index contributed by atoms with van der Waals surface area (Å²) < 4.78 is 14.9. The highest BCUT2D eigenvalue weighted by Crippen LogP contribution is 2.10. The predicted octanol–water partition coefficient (Wildman–Crippen LogP) is 2.82. The number of imidazole rings is 1. The van der Waals surface area contributed by atoms with E-state index in [1.165, 1.54) is 6.07 Å². The molecule has 0 unspecified atom stereocenters. The van der Waals surface area contributed by atoms with Crippen LogP contribution in [0.3, 0.4) is 0 Å². The minimum atomic E-state index is -0.523. The van der Waals surface area contributed by atoms with Gasteiger partial charge in [-0.15, -0.1) is 0 Å². The lowest BCUT2D eigenvalue weighted by Gasteiger charge is -2.02. The minimum Gasteiger partial charge on any atom is -0.287 e. The molecule has 3 rings (SSSR count). The highest BCUT2D eigenvalue weighted by atomic mass is 19.1. The van der Waals surface area contributed by atoms with Gasteiger partial charge in [0.1, 0.15) is 17.3 Å². The summed E-state index contributed by atoms with van der Waals surface area (Å²) >= 11 is 0. The van der Waals surface area contributed by atoms with Crippen molar-refractivity contribution < 1.29 is 4.39 Å². The Bertz CT molecular complexity index is 887. The van der Waals surface area contributed by atoms with E-state index in [1.54, 1.807) is 29.1 Å². The van der Waals surface area contributed by atoms with E-state index in [4.69, 9.17) is 0 Å². The first kappa shape index (κ1) is 14.0. The topological polar surface area (TPSA) is 43.6 Å². The SMILES string of the molecule is Cc1cc(C#Cc2cn(-c3cccc(F)n3)c(C)n2)ccn1. The van der Waals surface area contributed by atoms with E-state index in [0.29, 0.717) is 17.3 Å². The predicted molar refractivity (Wildman–Crippen MR) is 81.0 cm³/mol. The second-order valence-electron chi connectivity index (χ2n) is 4.80. The van der Waals surface area contributed by atoms with Crippen molar-refractivity contribution in [1.29, 1.82) is 0 Å². The number of halogens is 1. The van der Waals surface area contributed by atoms with E-state index in [0.717, 1.165) is 11.3 Å². The molecule has 0 saturated carbocycles. The fourth-order valence-corrected chi connectivity index (χ4v) is 2.06. The van der Waals surface area contributed by atoms with Crippen molar-refractivity contribution in [3.8, 4) is 17.7 Å². The summed E-state index contributed by atoms with van der Waals surface area (Å²) in [5.41, 5.74) is 2.40. The summed E-state index contributed by atoms with van der Waals surface area (Å²) in [5, 5.41) is 0. The quantitative estimate of drug-likeness (QED) is 0.512. The monoisotopic (exact) mass is 292 g/mol. The molecule has 0 atom stereocenters. The van der Waals surface area contributed by atoms with Gasteiger partial charge in [0.15, 0.2) is 0 Å². The van der Waals surface area contributed by atoms with Crippen LogP contribution >= 0.6 is 0 Å². The van der Waals surface area contributed by atoms with Gasteiger partial charge in [0.25, 0.3) is 0 Å². The maximum absolute atomic E-state index is 13.2. The van der Waals surface area contributed by atoms with Crippen molar-refractivity contribution in [3.63, 3.8) is 0 Å². The lowest BCUT2D eigenvalue weighted by Crippen LogP contribution is -1.99. The fourth-order valence-electron chi connectivity index (χ4n) is 2.06. The Morgan fingerprint density at radius 2 is 1.95 bits per heavy atom. The molecular weight excluding hydrogens is 279 g/mol. The van der Waals surface area contributed by atoms with Crippen LogP contribution in [-0.2, 0) is 0 Å². The van der Waals surface area contributed by atoms with Crippen molar-refractivity contribution in [2.45, 2.75) is 13.8 Å². The molecule has 0 aliphatic carbocycles. The van der Waals surface area contributed by atoms with Gasteiger partial charge in [-0.2, -0.15) is 4.39 Å². The lowest BCUT2D eigenvalue weighted by molar-refractivity contribution is 0.580. The van der Waals surface area contributed by atoms with Crippen molar-refractivity contribution in [2.24, 2.45) is 0 Å². The van der Waals surface area contributed by atoms with Gasteiger partial charge in [0.05, 0.1) is 0 Å². The first-order valence-electron chi connectivity index (χ1n) is 6.75. The number of aryl methyl sites for hydroxylation is 2. The van der Waals surface area contributed by atoms with E-state index in [1.807, 2.05) is 26.0 Å². The number of hydrogen-bond acceptors (Lipinski definition) is 3. The van der Waals surface area contributed by atoms with E-state index in [2.05, 4.69) is 26.8 Å². The highest BCUT2D eigenvalue weighted by Gasteiger charge is 2.06. The average Bonchev–Trinajstić information content (AvgIpc) is 2.86. The Hall–Kier alpha value is -3.00. The Morgan fingerprint density at radius 3 is 2.73 bits per heavy atom. The summed E-state index contributed by atoms with van der Waals surface area (Å²) in [7, 11) is 0. The standard InChI is InChI=1S/C17H13FN4/c1-12-10-14(8-9-19-12)6-7-15-11-22(13(2)20-15)17-5-3-4-16(18)21-17/h3-5,8-11H,1-2H3. The molecule has 0 radical (unpaired) electrons. The molecule has 0 amide bonds. The third-order valence-electron chi connectivity index (χ3n) is 3.06. The van der Waals surface area contributed by atoms with Crippen LogP contribution in [-0.4, -0.2) is 19.5 Å². The van der Waals surface area contributed by atoms with Gasteiger partial charge in [0.2, 0.25) is 5.95 Å². The largest absolute Gasteiger partial charge is 0.287 e. The van der Waals surface area contributed by atoms with E-state index >= 15 is 0 Å². The number of pyridine rings is 2. The minimum absolute atomic E-state index is 0.484. The summed E-state index contributed by atoms with van der Waals surface area (Å²) in [6, 6.07) is 8.40. The molecule has 22 heavy (non-hydrogen) atoms. The molecule has 0 spiro atoms. The molecule has 3 aromatic rings. The zero-order valence-corrected chi connectivity index (χ0v) is 12.2. The van der Waals surface area contributed by atoms with Gasteiger partial charge >= 0.3 is 0 Å². The van der Waals surface area contributed by atoms with Crippen molar-refractivity contribution in [1.82, 2.24) is 19.5 Å². The van der Waals surface area contributed by atoms with Crippen LogP contribution in [0.25, 0.3) is 5.82 Å². The third-order valence-corrected chi connectivity index (χ3v) is 3.06. The molecule has 0 aromatic carbocycles. The summed E-state index contributed by atoms with van der Waals surface area (Å²) in [5.74, 6) is 6.71. The summed E-state index contributed by atoms with van der Waals surface area (Å²) in [6.07, 6.45) is 3.47. The molecule has 0 saturated heterocycles. The lowest BCUT2D eigenvalue weighted by atomic mass is 10.2. The van der Waals surface area contributed by atoms with Gasteiger partial charge in [-0.05, 0) is 44.0 Å². The zero-order valence-electron chi connectivity index (χ0n) is 12.2. The molecule has 0 aliphatic heterocycles. The van der Waals surface area contributed by atoms with Gasteiger partial charge in [-0.1, -0.05) is 12.0 Å². The van der Waals surface area contributed by atoms with E-state index in [9.17, 15) is 4.39 Å². The van der Waals surface area contributed by atoms with Crippen molar-refractivity contribution in [2.75, 3.05) is 0 Å². The zero-order chi connectivity index (χ0) is 15.5. The van der Waals surface area contributed by atoms with Crippen LogP contribution in [0.4, 0.5) is 4.39 Å². The molecule has 3 aromatic heterocycles. The van der Waals surface area contributed by atoms with Crippen LogP contribution in [0.2, 0.25) is 0 Å². The van der Waals surface area contributed by atoms with Crippen LogP contribution in [0, 0.1) is 31.6 Å². The Morgan fingerprint density at radius 1 is 1.09 bits per heavy atom. The normalized spacial score (nSPS) is 10.1. The van der Waals surface area contributed by atoms with E-state index < -0.39 is 5.95 Å². The first-order valence-corrected chi connectivity index (χ1v) is 6.75. The summed E-state index contributed by atoms with van der Waals surface area (Å²) in [4.78, 5) is 12.3. The molecule has 0 N–H and O–H groups in total. The van der Waals surface area contributed by atoms with Crippen molar-refractivity contribution >= 4 is 0 Å². The molecule has 0 aliphatic rings. The molecule has 108 valence electrons. The maximum atomic E-state index is 13.2. The Kier molecular flexibility index (Phi) is 3.67. The second-order valence-corrected chi connectivity index (χ2v) is 4.80.